The number of imidazole rings is 1. The van der Waals surface area contributed by atoms with Gasteiger partial charge < -0.3 is 15.0 Å². The summed E-state index contributed by atoms with van der Waals surface area (Å²) < 4.78 is 8.82. The third-order valence-corrected chi connectivity index (χ3v) is 7.30. The van der Waals surface area contributed by atoms with Crippen LogP contribution in [0.15, 0.2) is 95.9 Å². The maximum absolute atomic E-state index is 14.2. The minimum atomic E-state index is -0.603. The van der Waals surface area contributed by atoms with Crippen LogP contribution >= 0.6 is 0 Å². The molecular weight excluding hydrogens is 552 g/mol. The lowest BCUT2D eigenvalue weighted by Gasteiger charge is -2.35. The predicted octanol–water partition coefficient (Wildman–Crippen LogP) is 6.75. The number of aryl methyl sites for hydroxylation is 1. The lowest BCUT2D eigenvalue weighted by atomic mass is 9.97. The smallest absolute Gasteiger partial charge is 0.407 e. The van der Waals surface area contributed by atoms with Crippen LogP contribution in [0.1, 0.15) is 74.3 Å². The molecule has 0 bridgehead atoms. The van der Waals surface area contributed by atoms with Gasteiger partial charge in [-0.2, -0.15) is 0 Å². The van der Waals surface area contributed by atoms with E-state index in [4.69, 9.17) is 4.74 Å². The number of carbonyl (C=O) groups is 2. The van der Waals surface area contributed by atoms with Crippen molar-refractivity contribution in [3.63, 3.8) is 0 Å². The highest BCUT2D eigenvalue weighted by Gasteiger charge is 2.32. The number of ether oxygens (including phenoxy) is 1. The van der Waals surface area contributed by atoms with Gasteiger partial charge in [0, 0.05) is 24.8 Å². The van der Waals surface area contributed by atoms with Gasteiger partial charge in [0.25, 0.3) is 5.91 Å². The second kappa shape index (κ2) is 14.3. The summed E-state index contributed by atoms with van der Waals surface area (Å²) in [7, 11) is 0. The molecule has 8 heteroatoms. The van der Waals surface area contributed by atoms with Crippen molar-refractivity contribution >= 4 is 12.0 Å². The first kappa shape index (κ1) is 32.3. The number of hydrogen-bond acceptors (Lipinski definition) is 4. The molecule has 1 unspecified atom stereocenters. The van der Waals surface area contributed by atoms with E-state index in [1.165, 1.54) is 0 Å². The fourth-order valence-corrected chi connectivity index (χ4v) is 5.28. The van der Waals surface area contributed by atoms with Gasteiger partial charge >= 0.3 is 11.8 Å². The van der Waals surface area contributed by atoms with Crippen molar-refractivity contribution < 1.29 is 14.3 Å². The molecule has 0 saturated carbocycles. The average Bonchev–Trinajstić information content (AvgIpc) is 3.29. The molecule has 2 amide bonds. The molecule has 0 radical (unpaired) electrons. The largest absolute Gasteiger partial charge is 0.444 e. The van der Waals surface area contributed by atoms with Crippen molar-refractivity contribution in [1.82, 2.24) is 19.4 Å². The highest BCUT2D eigenvalue weighted by molar-refractivity contribution is 5.94. The molecule has 4 rings (SSSR count). The highest BCUT2D eigenvalue weighted by Crippen LogP contribution is 2.31. The number of alkyl carbamates (subject to hydrolysis) is 1. The average molecular weight is 597 g/mol. The van der Waals surface area contributed by atoms with Gasteiger partial charge in [-0.3, -0.25) is 13.9 Å². The second-order valence-corrected chi connectivity index (χ2v) is 12.4. The van der Waals surface area contributed by atoms with Gasteiger partial charge in [0.2, 0.25) is 0 Å². The number of rotatable bonds is 11. The summed E-state index contributed by atoms with van der Waals surface area (Å²) in [6.45, 7) is 12.6. The number of benzene rings is 3. The lowest BCUT2D eigenvalue weighted by Crippen LogP contribution is -2.41. The minimum Gasteiger partial charge on any atom is -0.444 e. The zero-order valence-electron chi connectivity index (χ0n) is 26.6. The van der Waals surface area contributed by atoms with Crippen molar-refractivity contribution in [2.24, 2.45) is 5.92 Å². The summed E-state index contributed by atoms with van der Waals surface area (Å²) in [5.74, 6) is -0.164. The number of nitrogens with zero attached hydrogens (tertiary/aromatic N) is 3. The van der Waals surface area contributed by atoms with E-state index in [0.717, 1.165) is 22.5 Å². The van der Waals surface area contributed by atoms with Gasteiger partial charge in [0.1, 0.15) is 5.60 Å². The van der Waals surface area contributed by atoms with Crippen LogP contribution in [-0.4, -0.2) is 44.7 Å². The zero-order valence-corrected chi connectivity index (χ0v) is 26.6. The maximum Gasteiger partial charge on any atom is 0.407 e. The normalized spacial score (nSPS) is 12.2. The van der Waals surface area contributed by atoms with Crippen LogP contribution in [0.5, 0.6) is 0 Å². The molecule has 0 spiro atoms. The Morgan fingerprint density at radius 3 is 2.11 bits per heavy atom. The molecule has 1 aromatic heterocycles. The molecule has 0 aliphatic carbocycles. The van der Waals surface area contributed by atoms with Gasteiger partial charge in [-0.25, -0.2) is 9.59 Å². The number of amides is 2. The molecule has 1 atom stereocenters. The topological polar surface area (TPSA) is 85.6 Å². The quantitative estimate of drug-likeness (QED) is 0.194. The monoisotopic (exact) mass is 596 g/mol. The molecule has 232 valence electrons. The molecule has 0 aliphatic heterocycles. The Morgan fingerprint density at radius 2 is 1.52 bits per heavy atom. The van der Waals surface area contributed by atoms with E-state index in [0.29, 0.717) is 31.6 Å². The third kappa shape index (κ3) is 8.28. The summed E-state index contributed by atoms with van der Waals surface area (Å²) in [4.78, 5) is 42.4. The van der Waals surface area contributed by atoms with E-state index < -0.39 is 17.7 Å². The standard InChI is InChI=1S/C36H44N4O4/c1-26(2)32(31-25-39(30-16-11-8-12-17-30)35(43)40(31)24-28-14-9-7-10-15-28)38(33(41)29-20-18-27(3)19-21-29)23-13-22-37-34(42)44-36(4,5)6/h7-12,14-21,25-26,32H,13,22-24H2,1-6H3,(H,37,42). The van der Waals surface area contributed by atoms with Crippen LogP contribution in [-0.2, 0) is 11.3 Å². The van der Waals surface area contributed by atoms with Crippen LogP contribution in [0.4, 0.5) is 4.79 Å². The van der Waals surface area contributed by atoms with Gasteiger partial charge in [0.15, 0.2) is 0 Å². The van der Waals surface area contributed by atoms with Crippen LogP contribution in [0.3, 0.4) is 0 Å². The molecule has 44 heavy (non-hydrogen) atoms. The molecule has 1 N–H and O–H groups in total. The molecule has 4 aromatic rings. The Kier molecular flexibility index (Phi) is 10.5. The van der Waals surface area contributed by atoms with Gasteiger partial charge in [-0.05, 0) is 69.9 Å². The molecule has 0 fully saturated rings. The van der Waals surface area contributed by atoms with Crippen molar-refractivity contribution in [2.45, 2.75) is 66.2 Å². The number of para-hydroxylation sites is 1. The molecule has 3 aromatic carbocycles. The Bertz CT molecular complexity index is 1580. The Hall–Kier alpha value is -4.59. The van der Waals surface area contributed by atoms with Crippen molar-refractivity contribution in [3.05, 3.63) is 124 Å². The van der Waals surface area contributed by atoms with Gasteiger partial charge in [-0.1, -0.05) is 80.1 Å². The molecular formula is C36H44N4O4. The van der Waals surface area contributed by atoms with E-state index in [9.17, 15) is 14.4 Å². The maximum atomic E-state index is 14.2. The first-order chi connectivity index (χ1) is 20.9. The number of aromatic nitrogens is 2. The van der Waals surface area contributed by atoms with E-state index in [2.05, 4.69) is 19.2 Å². The summed E-state index contributed by atoms with van der Waals surface area (Å²) in [5, 5.41) is 2.81. The van der Waals surface area contributed by atoms with E-state index in [1.807, 2.05) is 124 Å². The summed E-state index contributed by atoms with van der Waals surface area (Å²) in [6, 6.07) is 26.5. The van der Waals surface area contributed by atoms with Crippen molar-refractivity contribution in [2.75, 3.05) is 13.1 Å². The summed E-state index contributed by atoms with van der Waals surface area (Å²) in [6.07, 6.45) is 1.88. The first-order valence-electron chi connectivity index (χ1n) is 15.2. The number of carbonyl (C=O) groups excluding carboxylic acids is 2. The minimum absolute atomic E-state index is 0.0312. The number of hydrogen-bond donors (Lipinski definition) is 1. The molecule has 0 aliphatic rings. The Labute approximate surface area is 260 Å². The predicted molar refractivity (Wildman–Crippen MR) is 174 cm³/mol. The van der Waals surface area contributed by atoms with E-state index >= 15 is 0 Å². The Balaban J connectivity index is 1.76. The molecule has 1 heterocycles. The van der Waals surface area contributed by atoms with Crippen molar-refractivity contribution in [1.29, 1.82) is 0 Å². The van der Waals surface area contributed by atoms with E-state index in [1.54, 1.807) is 9.13 Å². The second-order valence-electron chi connectivity index (χ2n) is 12.4. The van der Waals surface area contributed by atoms with Crippen molar-refractivity contribution in [3.8, 4) is 5.69 Å². The van der Waals surface area contributed by atoms with Crippen LogP contribution in [0, 0.1) is 12.8 Å². The zero-order chi connectivity index (χ0) is 31.9. The summed E-state index contributed by atoms with van der Waals surface area (Å²) in [5.41, 5.74) is 3.35. The Morgan fingerprint density at radius 1 is 0.909 bits per heavy atom. The van der Waals surface area contributed by atoms with Crippen LogP contribution in [0.2, 0.25) is 0 Å². The third-order valence-electron chi connectivity index (χ3n) is 7.30. The van der Waals surface area contributed by atoms with E-state index in [-0.39, 0.29) is 17.5 Å². The summed E-state index contributed by atoms with van der Waals surface area (Å²) >= 11 is 0. The molecule has 0 saturated heterocycles. The SMILES string of the molecule is Cc1ccc(C(=O)N(CCCNC(=O)OC(C)(C)C)C(c2cn(-c3ccccc3)c(=O)n2Cc2ccccc2)C(C)C)cc1. The van der Waals surface area contributed by atoms with Gasteiger partial charge in [-0.15, -0.1) is 0 Å². The van der Waals surface area contributed by atoms with Crippen LogP contribution in [0.25, 0.3) is 5.69 Å². The number of nitrogens with one attached hydrogen (secondary N) is 1. The highest BCUT2D eigenvalue weighted by atomic mass is 16.6. The first-order valence-corrected chi connectivity index (χ1v) is 15.2. The fourth-order valence-electron chi connectivity index (χ4n) is 5.28. The van der Waals surface area contributed by atoms with Gasteiger partial charge in [0.05, 0.1) is 24.0 Å². The molecule has 8 nitrogen and oxygen atoms in total. The van der Waals surface area contributed by atoms with Crippen LogP contribution < -0.4 is 11.0 Å². The lowest BCUT2D eigenvalue weighted by molar-refractivity contribution is 0.0520. The fraction of sp³-hybridized carbons (Fsp3) is 0.361.